The van der Waals surface area contributed by atoms with Crippen LogP contribution in [-0.4, -0.2) is 18.4 Å². The van der Waals surface area contributed by atoms with Crippen molar-refractivity contribution in [1.29, 1.82) is 0 Å². The van der Waals surface area contributed by atoms with E-state index in [4.69, 9.17) is 4.42 Å². The van der Waals surface area contributed by atoms with E-state index in [1.54, 1.807) is 36.4 Å². The monoisotopic (exact) mass is 312 g/mol. The lowest BCUT2D eigenvalue weighted by Crippen LogP contribution is -2.36. The molecule has 120 valence electrons. The van der Waals surface area contributed by atoms with Gasteiger partial charge in [0.15, 0.2) is 0 Å². The van der Waals surface area contributed by atoms with Crippen molar-refractivity contribution in [1.82, 2.24) is 10.6 Å². The van der Waals surface area contributed by atoms with Crippen molar-refractivity contribution >= 4 is 17.9 Å². The number of hydrogen-bond acceptors (Lipinski definition) is 3. The number of rotatable bonds is 6. The molecular formula is C18H20N2O3. The van der Waals surface area contributed by atoms with Crippen LogP contribution in [-0.2, 0) is 4.79 Å². The van der Waals surface area contributed by atoms with Crippen LogP contribution in [0.5, 0.6) is 0 Å². The fourth-order valence-electron chi connectivity index (χ4n) is 1.85. The van der Waals surface area contributed by atoms with E-state index in [1.165, 1.54) is 12.3 Å². The molecule has 0 aliphatic carbocycles. The summed E-state index contributed by atoms with van der Waals surface area (Å²) in [6, 6.07) is 12.2. The maximum absolute atomic E-state index is 12.3. The molecule has 0 bridgehead atoms. The van der Waals surface area contributed by atoms with E-state index in [0.29, 0.717) is 23.8 Å². The molecule has 2 aromatic rings. The Labute approximate surface area is 135 Å². The molecule has 0 atom stereocenters. The van der Waals surface area contributed by atoms with Crippen LogP contribution >= 0.6 is 0 Å². The summed E-state index contributed by atoms with van der Waals surface area (Å²) >= 11 is 0. The zero-order valence-corrected chi connectivity index (χ0v) is 13.2. The second kappa shape index (κ2) is 7.98. The normalized spacial score (nSPS) is 11.3. The lowest BCUT2D eigenvalue weighted by Gasteiger charge is -2.12. The lowest BCUT2D eigenvalue weighted by molar-refractivity contribution is -0.117. The molecule has 2 amide bonds. The highest BCUT2D eigenvalue weighted by atomic mass is 16.3. The molecule has 0 aliphatic heterocycles. The molecule has 1 aromatic heterocycles. The van der Waals surface area contributed by atoms with Gasteiger partial charge in [-0.3, -0.25) is 9.59 Å². The van der Waals surface area contributed by atoms with E-state index in [2.05, 4.69) is 10.6 Å². The van der Waals surface area contributed by atoms with E-state index in [0.717, 1.165) is 0 Å². The molecule has 5 heteroatoms. The molecule has 1 aromatic carbocycles. The summed E-state index contributed by atoms with van der Waals surface area (Å²) < 4.78 is 5.22. The maximum Gasteiger partial charge on any atom is 0.267 e. The fourth-order valence-corrected chi connectivity index (χ4v) is 1.85. The van der Waals surface area contributed by atoms with Crippen molar-refractivity contribution in [2.75, 3.05) is 6.54 Å². The Morgan fingerprint density at radius 3 is 2.48 bits per heavy atom. The molecule has 2 N–H and O–H groups in total. The average Bonchev–Trinajstić information content (AvgIpc) is 3.05. The highest BCUT2D eigenvalue weighted by Crippen LogP contribution is 2.08. The van der Waals surface area contributed by atoms with E-state index < -0.39 is 0 Å². The lowest BCUT2D eigenvalue weighted by atomic mass is 10.2. The number of hydrogen-bond donors (Lipinski definition) is 2. The Balaban J connectivity index is 2.16. The number of nitrogens with one attached hydrogen (secondary N) is 2. The smallest absolute Gasteiger partial charge is 0.267 e. The third kappa shape index (κ3) is 5.14. The molecule has 0 aliphatic rings. The number of carbonyl (C=O) groups is 2. The largest absolute Gasteiger partial charge is 0.465 e. The summed E-state index contributed by atoms with van der Waals surface area (Å²) in [7, 11) is 0. The highest BCUT2D eigenvalue weighted by Gasteiger charge is 2.15. The molecule has 0 saturated heterocycles. The van der Waals surface area contributed by atoms with E-state index in [9.17, 15) is 9.59 Å². The standard InChI is InChI=1S/C18H20N2O3/c1-13(2)12-19-18(22)16(11-15-9-6-10-23-15)20-17(21)14-7-4-3-5-8-14/h3-11,13H,12H2,1-2H3,(H,19,22)(H,20,21)/b16-11-. The van der Waals surface area contributed by atoms with Crippen molar-refractivity contribution in [2.24, 2.45) is 5.92 Å². The zero-order valence-electron chi connectivity index (χ0n) is 13.2. The van der Waals surface area contributed by atoms with Gasteiger partial charge < -0.3 is 15.1 Å². The van der Waals surface area contributed by atoms with Gasteiger partial charge in [0, 0.05) is 18.2 Å². The molecule has 0 spiro atoms. The van der Waals surface area contributed by atoms with Crippen molar-refractivity contribution in [3.05, 3.63) is 65.7 Å². The van der Waals surface area contributed by atoms with Crippen molar-refractivity contribution in [2.45, 2.75) is 13.8 Å². The summed E-state index contributed by atoms with van der Waals surface area (Å²) in [6.07, 6.45) is 3.02. The Morgan fingerprint density at radius 1 is 1.13 bits per heavy atom. The Kier molecular flexibility index (Phi) is 5.74. The van der Waals surface area contributed by atoms with Crippen molar-refractivity contribution in [3.63, 3.8) is 0 Å². The van der Waals surface area contributed by atoms with Gasteiger partial charge in [0.05, 0.1) is 6.26 Å². The van der Waals surface area contributed by atoms with Crippen LogP contribution in [0.15, 0.2) is 58.8 Å². The predicted octanol–water partition coefficient (Wildman–Crippen LogP) is 2.82. The van der Waals surface area contributed by atoms with Crippen LogP contribution in [0.3, 0.4) is 0 Å². The van der Waals surface area contributed by atoms with Gasteiger partial charge in [-0.1, -0.05) is 32.0 Å². The molecule has 0 fully saturated rings. The molecule has 0 saturated carbocycles. The first-order chi connectivity index (χ1) is 11.1. The van der Waals surface area contributed by atoms with Crippen molar-refractivity contribution in [3.8, 4) is 0 Å². The fraction of sp³-hybridized carbons (Fsp3) is 0.222. The summed E-state index contributed by atoms with van der Waals surface area (Å²) in [5.41, 5.74) is 0.629. The van der Waals surface area contributed by atoms with E-state index in [-0.39, 0.29) is 17.5 Å². The van der Waals surface area contributed by atoms with E-state index in [1.807, 2.05) is 19.9 Å². The van der Waals surface area contributed by atoms with Crippen LogP contribution < -0.4 is 10.6 Å². The minimum atomic E-state index is -0.348. The highest BCUT2D eigenvalue weighted by molar-refractivity contribution is 6.05. The first-order valence-corrected chi connectivity index (χ1v) is 7.46. The molecule has 0 radical (unpaired) electrons. The Morgan fingerprint density at radius 2 is 1.87 bits per heavy atom. The van der Waals surface area contributed by atoms with Crippen LogP contribution in [0.4, 0.5) is 0 Å². The third-order valence-electron chi connectivity index (χ3n) is 3.03. The number of amides is 2. The molecule has 5 nitrogen and oxygen atoms in total. The predicted molar refractivity (Wildman–Crippen MR) is 88.4 cm³/mol. The quantitative estimate of drug-likeness (QED) is 0.806. The number of furan rings is 1. The second-order valence-electron chi connectivity index (χ2n) is 5.50. The molecule has 0 unspecified atom stereocenters. The van der Waals surface area contributed by atoms with Gasteiger partial charge in [-0.25, -0.2) is 0 Å². The molecular weight excluding hydrogens is 292 g/mol. The zero-order chi connectivity index (χ0) is 16.7. The second-order valence-corrected chi connectivity index (χ2v) is 5.50. The van der Waals surface area contributed by atoms with Crippen LogP contribution in [0, 0.1) is 5.92 Å². The maximum atomic E-state index is 12.3. The first-order valence-electron chi connectivity index (χ1n) is 7.46. The summed E-state index contributed by atoms with van der Waals surface area (Å²) in [5, 5.41) is 5.43. The van der Waals surface area contributed by atoms with Crippen LogP contribution in [0.25, 0.3) is 6.08 Å². The molecule has 23 heavy (non-hydrogen) atoms. The van der Waals surface area contributed by atoms with Gasteiger partial charge in [-0.2, -0.15) is 0 Å². The van der Waals surface area contributed by atoms with E-state index >= 15 is 0 Å². The number of benzene rings is 1. The SMILES string of the molecule is CC(C)CNC(=O)/C(=C/c1ccco1)NC(=O)c1ccccc1. The minimum absolute atomic E-state index is 0.148. The Bertz CT molecular complexity index is 674. The van der Waals surface area contributed by atoms with Crippen LogP contribution in [0.1, 0.15) is 30.0 Å². The first kappa shape index (κ1) is 16.5. The van der Waals surface area contributed by atoms with Gasteiger partial charge in [0.25, 0.3) is 11.8 Å². The summed E-state index contributed by atoms with van der Waals surface area (Å²) in [6.45, 7) is 4.52. The summed E-state index contributed by atoms with van der Waals surface area (Å²) in [4.78, 5) is 24.6. The van der Waals surface area contributed by atoms with Crippen LogP contribution in [0.2, 0.25) is 0 Å². The third-order valence-corrected chi connectivity index (χ3v) is 3.03. The minimum Gasteiger partial charge on any atom is -0.465 e. The average molecular weight is 312 g/mol. The van der Waals surface area contributed by atoms with Gasteiger partial charge in [0.1, 0.15) is 11.5 Å². The van der Waals surface area contributed by atoms with Gasteiger partial charge in [-0.05, 0) is 30.2 Å². The molecule has 1 heterocycles. The Hall–Kier alpha value is -2.82. The van der Waals surface area contributed by atoms with Gasteiger partial charge in [-0.15, -0.1) is 0 Å². The number of carbonyl (C=O) groups excluding carboxylic acids is 2. The van der Waals surface area contributed by atoms with Gasteiger partial charge >= 0.3 is 0 Å². The van der Waals surface area contributed by atoms with Gasteiger partial charge in [0.2, 0.25) is 0 Å². The van der Waals surface area contributed by atoms with Crippen molar-refractivity contribution < 1.29 is 14.0 Å². The molecule has 2 rings (SSSR count). The topological polar surface area (TPSA) is 71.3 Å². The summed E-state index contributed by atoms with van der Waals surface area (Å²) in [5.74, 6) is 0.115.